The van der Waals surface area contributed by atoms with Gasteiger partial charge < -0.3 is 9.88 Å². The van der Waals surface area contributed by atoms with Crippen molar-refractivity contribution in [2.45, 2.75) is 96.9 Å². The lowest BCUT2D eigenvalue weighted by Gasteiger charge is -2.10. The lowest BCUT2D eigenvalue weighted by atomic mass is 10.1. The standard InChI is InChI=1S/C30H42BrN3O/c1-2-3-4-5-6-7-8-9-15-23-34-28-20-13-12-19-27(28)33-29(34)21-11-10-14-22-32-30(35)25-17-16-18-26(31)24-25/h12-13,16-20,24H,2-11,14-15,21-23H2,1H3,(H,32,35). The number of benzene rings is 2. The zero-order chi connectivity index (χ0) is 24.7. The van der Waals surface area contributed by atoms with E-state index in [-0.39, 0.29) is 5.91 Å². The second-order valence-corrected chi connectivity index (χ2v) is 10.5. The fourth-order valence-electron chi connectivity index (χ4n) is 4.66. The highest BCUT2D eigenvalue weighted by molar-refractivity contribution is 9.10. The minimum absolute atomic E-state index is 0.00551. The first-order valence-corrected chi connectivity index (χ1v) is 14.5. The molecular weight excluding hydrogens is 498 g/mol. The van der Waals surface area contributed by atoms with Gasteiger partial charge in [0.15, 0.2) is 0 Å². The van der Waals surface area contributed by atoms with Crippen LogP contribution in [-0.2, 0) is 13.0 Å². The molecule has 0 radical (unpaired) electrons. The van der Waals surface area contributed by atoms with Crippen molar-refractivity contribution in [1.82, 2.24) is 14.9 Å². The molecule has 0 aliphatic heterocycles. The molecule has 3 aromatic rings. The van der Waals surface area contributed by atoms with Crippen LogP contribution in [0.15, 0.2) is 53.0 Å². The number of nitrogens with one attached hydrogen (secondary N) is 1. The summed E-state index contributed by atoms with van der Waals surface area (Å²) in [5.41, 5.74) is 3.08. The molecule has 0 atom stereocenters. The van der Waals surface area contributed by atoms with Crippen LogP contribution in [0.3, 0.4) is 0 Å². The fraction of sp³-hybridized carbons (Fsp3) is 0.533. The molecule has 5 heteroatoms. The maximum atomic E-state index is 12.3. The average molecular weight is 541 g/mol. The summed E-state index contributed by atoms with van der Waals surface area (Å²) in [4.78, 5) is 17.2. The number of fused-ring (bicyclic) bond motifs is 1. The van der Waals surface area contributed by atoms with Gasteiger partial charge in [0.2, 0.25) is 0 Å². The summed E-state index contributed by atoms with van der Waals surface area (Å²) in [6.45, 7) is 4.05. The van der Waals surface area contributed by atoms with Gasteiger partial charge in [-0.05, 0) is 49.6 Å². The van der Waals surface area contributed by atoms with Gasteiger partial charge in [0.05, 0.1) is 11.0 Å². The number of unbranched alkanes of at least 4 members (excludes halogenated alkanes) is 10. The van der Waals surface area contributed by atoms with Gasteiger partial charge in [-0.2, -0.15) is 0 Å². The van der Waals surface area contributed by atoms with Crippen molar-refractivity contribution in [1.29, 1.82) is 0 Å². The Bertz CT molecular complexity index is 1030. The average Bonchev–Trinajstić information content (AvgIpc) is 3.22. The van der Waals surface area contributed by atoms with Crippen LogP contribution in [0.2, 0.25) is 0 Å². The number of aryl methyl sites for hydroxylation is 2. The predicted octanol–water partition coefficient (Wildman–Crippen LogP) is 8.47. The zero-order valence-corrected chi connectivity index (χ0v) is 23.0. The third kappa shape index (κ3) is 9.44. The summed E-state index contributed by atoms with van der Waals surface area (Å²) >= 11 is 3.42. The van der Waals surface area contributed by atoms with Crippen molar-refractivity contribution < 1.29 is 4.79 Å². The van der Waals surface area contributed by atoms with E-state index in [1.165, 1.54) is 69.1 Å². The Morgan fingerprint density at radius 1 is 0.857 bits per heavy atom. The summed E-state index contributed by atoms with van der Waals surface area (Å²) < 4.78 is 3.38. The number of carbonyl (C=O) groups excluding carboxylic acids is 1. The Balaban J connectivity index is 1.38. The quantitative estimate of drug-likeness (QED) is 0.175. The molecule has 1 aromatic heterocycles. The lowest BCUT2D eigenvalue weighted by molar-refractivity contribution is 0.0953. The van der Waals surface area contributed by atoms with E-state index in [0.29, 0.717) is 12.1 Å². The van der Waals surface area contributed by atoms with Crippen LogP contribution in [0.25, 0.3) is 11.0 Å². The van der Waals surface area contributed by atoms with Crippen molar-refractivity contribution in [3.63, 3.8) is 0 Å². The number of nitrogens with zero attached hydrogens (tertiary/aromatic N) is 2. The van der Waals surface area contributed by atoms with Crippen LogP contribution in [0, 0.1) is 0 Å². The van der Waals surface area contributed by atoms with Crippen LogP contribution >= 0.6 is 15.9 Å². The first kappa shape index (κ1) is 27.4. The SMILES string of the molecule is CCCCCCCCCCCn1c(CCCCCNC(=O)c2cccc(Br)c2)nc2ccccc21. The Morgan fingerprint density at radius 3 is 2.34 bits per heavy atom. The molecule has 0 aliphatic carbocycles. The lowest BCUT2D eigenvalue weighted by Crippen LogP contribution is -2.24. The van der Waals surface area contributed by atoms with E-state index < -0.39 is 0 Å². The summed E-state index contributed by atoms with van der Waals surface area (Å²) in [6, 6.07) is 16.1. The van der Waals surface area contributed by atoms with Crippen molar-refractivity contribution in [3.8, 4) is 0 Å². The number of carbonyl (C=O) groups is 1. The summed E-state index contributed by atoms with van der Waals surface area (Å²) in [7, 11) is 0. The summed E-state index contributed by atoms with van der Waals surface area (Å²) in [5.74, 6) is 1.21. The van der Waals surface area contributed by atoms with Gasteiger partial charge >= 0.3 is 0 Å². The first-order chi connectivity index (χ1) is 17.2. The second kappa shape index (κ2) is 15.8. The maximum Gasteiger partial charge on any atom is 0.251 e. The van der Waals surface area contributed by atoms with Crippen molar-refractivity contribution in [2.24, 2.45) is 0 Å². The number of hydrogen-bond acceptors (Lipinski definition) is 2. The number of hydrogen-bond donors (Lipinski definition) is 1. The smallest absolute Gasteiger partial charge is 0.251 e. The van der Waals surface area contributed by atoms with Crippen molar-refractivity contribution in [3.05, 3.63) is 64.4 Å². The van der Waals surface area contributed by atoms with E-state index in [9.17, 15) is 4.79 Å². The van der Waals surface area contributed by atoms with Gasteiger partial charge in [0.1, 0.15) is 5.82 Å². The van der Waals surface area contributed by atoms with Gasteiger partial charge in [-0.15, -0.1) is 0 Å². The van der Waals surface area contributed by atoms with E-state index in [0.717, 1.165) is 42.2 Å². The van der Waals surface area contributed by atoms with Crippen LogP contribution < -0.4 is 5.32 Å². The van der Waals surface area contributed by atoms with Gasteiger partial charge in [0, 0.05) is 29.5 Å². The molecule has 0 saturated heterocycles. The minimum atomic E-state index is -0.00551. The number of halogens is 1. The Morgan fingerprint density at radius 2 is 1.57 bits per heavy atom. The molecular formula is C30H42BrN3O. The Kier molecular flexibility index (Phi) is 12.4. The predicted molar refractivity (Wildman–Crippen MR) is 151 cm³/mol. The molecule has 0 fully saturated rings. The molecule has 190 valence electrons. The maximum absolute atomic E-state index is 12.3. The molecule has 1 amide bonds. The van der Waals surface area contributed by atoms with Gasteiger partial charge in [-0.3, -0.25) is 4.79 Å². The van der Waals surface area contributed by atoms with Crippen molar-refractivity contribution >= 4 is 32.9 Å². The van der Waals surface area contributed by atoms with Crippen LogP contribution in [0.4, 0.5) is 0 Å². The molecule has 0 saturated carbocycles. The Labute approximate surface area is 220 Å². The fourth-order valence-corrected chi connectivity index (χ4v) is 5.06. The molecule has 35 heavy (non-hydrogen) atoms. The normalized spacial score (nSPS) is 11.3. The number of aromatic nitrogens is 2. The molecule has 3 rings (SSSR count). The third-order valence-electron chi connectivity index (χ3n) is 6.67. The topological polar surface area (TPSA) is 46.9 Å². The van der Waals surface area contributed by atoms with Crippen LogP contribution in [-0.4, -0.2) is 22.0 Å². The highest BCUT2D eigenvalue weighted by Gasteiger charge is 2.10. The molecule has 1 heterocycles. The number of imidazole rings is 1. The highest BCUT2D eigenvalue weighted by atomic mass is 79.9. The number of rotatable bonds is 17. The number of para-hydroxylation sites is 2. The van der Waals surface area contributed by atoms with Gasteiger partial charge in [-0.1, -0.05) is 98.8 Å². The van der Waals surface area contributed by atoms with E-state index in [1.54, 1.807) is 0 Å². The van der Waals surface area contributed by atoms with E-state index in [2.05, 4.69) is 57.0 Å². The van der Waals surface area contributed by atoms with E-state index in [4.69, 9.17) is 4.98 Å². The van der Waals surface area contributed by atoms with Crippen LogP contribution in [0.1, 0.15) is 100 Å². The monoisotopic (exact) mass is 539 g/mol. The molecule has 0 aliphatic rings. The summed E-state index contributed by atoms with van der Waals surface area (Å²) in [6.07, 6.45) is 16.3. The highest BCUT2D eigenvalue weighted by Crippen LogP contribution is 2.20. The second-order valence-electron chi connectivity index (χ2n) is 9.57. The molecule has 0 unspecified atom stereocenters. The summed E-state index contributed by atoms with van der Waals surface area (Å²) in [5, 5.41) is 3.04. The molecule has 4 nitrogen and oxygen atoms in total. The molecule has 0 bridgehead atoms. The van der Waals surface area contributed by atoms with E-state index in [1.807, 2.05) is 24.3 Å². The van der Waals surface area contributed by atoms with Crippen molar-refractivity contribution in [2.75, 3.05) is 6.54 Å². The molecule has 1 N–H and O–H groups in total. The number of amides is 1. The van der Waals surface area contributed by atoms with E-state index >= 15 is 0 Å². The minimum Gasteiger partial charge on any atom is -0.352 e. The Hall–Kier alpha value is -2.14. The van der Waals surface area contributed by atoms with Gasteiger partial charge in [-0.25, -0.2) is 4.98 Å². The first-order valence-electron chi connectivity index (χ1n) is 13.7. The van der Waals surface area contributed by atoms with Crippen LogP contribution in [0.5, 0.6) is 0 Å². The van der Waals surface area contributed by atoms with Gasteiger partial charge in [0.25, 0.3) is 5.91 Å². The largest absolute Gasteiger partial charge is 0.352 e. The molecule has 2 aromatic carbocycles. The third-order valence-corrected chi connectivity index (χ3v) is 7.16. The molecule has 0 spiro atoms. The zero-order valence-electron chi connectivity index (χ0n) is 21.4.